The number of methoxy groups -OCH3 is 1. The van der Waals surface area contributed by atoms with Crippen LogP contribution in [0.25, 0.3) is 22.4 Å². The van der Waals surface area contributed by atoms with Gasteiger partial charge in [0, 0.05) is 19.5 Å². The average molecular weight is 491 g/mol. The smallest absolute Gasteiger partial charge is 0.224 e. The summed E-state index contributed by atoms with van der Waals surface area (Å²) in [6.07, 6.45) is 7.47. The summed E-state index contributed by atoms with van der Waals surface area (Å²) < 4.78 is 5.49. The first-order valence-electron chi connectivity index (χ1n) is 12.9. The maximum atomic E-state index is 12.5. The largest absolute Gasteiger partial charge is 0.496 e. The summed E-state index contributed by atoms with van der Waals surface area (Å²) in [5, 5.41) is 3.13. The molecule has 0 aliphatic rings. The number of imidazole rings is 1. The molecule has 36 heavy (non-hydrogen) atoms. The van der Waals surface area contributed by atoms with Gasteiger partial charge in [-0.05, 0) is 58.4 Å². The van der Waals surface area contributed by atoms with Crippen LogP contribution in [0.3, 0.4) is 0 Å². The third-order valence-electron chi connectivity index (χ3n) is 6.12. The number of amides is 1. The molecule has 0 aliphatic carbocycles. The molecule has 1 aromatic heterocycles. The summed E-state index contributed by atoms with van der Waals surface area (Å²) in [7, 11) is 1.66. The van der Waals surface area contributed by atoms with Gasteiger partial charge in [0.25, 0.3) is 0 Å². The van der Waals surface area contributed by atoms with Crippen LogP contribution in [0.5, 0.6) is 5.75 Å². The molecule has 0 aliphatic heterocycles. The predicted octanol–water partition coefficient (Wildman–Crippen LogP) is 7.74. The van der Waals surface area contributed by atoms with E-state index in [1.807, 2.05) is 56.3 Å². The Labute approximate surface area is 216 Å². The number of ether oxygens (including phenoxy) is 1. The molecular formula is C30H42N4O2. The topological polar surface area (TPSA) is 70.2 Å². The lowest BCUT2D eigenvalue weighted by atomic mass is 10.1. The minimum absolute atomic E-state index is 0.0562. The summed E-state index contributed by atoms with van der Waals surface area (Å²) in [5.41, 5.74) is 5.70. The molecule has 2 N–H and O–H groups in total. The number of H-pyrrole nitrogens is 1. The van der Waals surface area contributed by atoms with Crippen molar-refractivity contribution in [3.05, 3.63) is 60.7 Å². The number of unbranched alkanes of at least 4 members (excludes halogenated alkanes) is 2. The molecule has 1 heterocycles. The summed E-state index contributed by atoms with van der Waals surface area (Å²) >= 11 is 0. The molecule has 0 spiro atoms. The van der Waals surface area contributed by atoms with E-state index in [1.165, 1.54) is 5.57 Å². The normalized spacial score (nSPS) is 11.0. The van der Waals surface area contributed by atoms with Gasteiger partial charge in [0.05, 0.1) is 35.1 Å². The number of benzene rings is 2. The van der Waals surface area contributed by atoms with Crippen LogP contribution < -0.4 is 15.0 Å². The highest BCUT2D eigenvalue weighted by molar-refractivity contribution is 5.99. The van der Waals surface area contributed by atoms with Crippen molar-refractivity contribution in [1.29, 1.82) is 0 Å². The van der Waals surface area contributed by atoms with Crippen LogP contribution in [0.1, 0.15) is 60.3 Å². The van der Waals surface area contributed by atoms with E-state index in [9.17, 15) is 4.79 Å². The zero-order valence-corrected chi connectivity index (χ0v) is 22.8. The standard InChI is InChI=1S/C24H32N4O2.C6H10/c1-5-8-9-14-23(29)25-20-15-18-19(16-21(20)28(6-2)7-3)27-24(26-18)17-12-10-11-13-22(17)30-4;1-4-6(3)5-2/h10-13,15-16H,5-9,14H2,1-4H3,(H,25,29)(H,26,27);4-5H,1H2,2-3H3/b;6-5-. The average Bonchev–Trinajstić information content (AvgIpc) is 3.32. The molecule has 6 heteroatoms. The summed E-state index contributed by atoms with van der Waals surface area (Å²) in [6, 6.07) is 11.9. The van der Waals surface area contributed by atoms with Crippen LogP contribution >= 0.6 is 0 Å². The van der Waals surface area contributed by atoms with Gasteiger partial charge >= 0.3 is 0 Å². The highest BCUT2D eigenvalue weighted by Crippen LogP contribution is 2.34. The molecule has 0 unspecified atom stereocenters. The lowest BCUT2D eigenvalue weighted by Gasteiger charge is -2.24. The van der Waals surface area contributed by atoms with Crippen molar-refractivity contribution in [3.63, 3.8) is 0 Å². The van der Waals surface area contributed by atoms with Crippen molar-refractivity contribution in [1.82, 2.24) is 9.97 Å². The van der Waals surface area contributed by atoms with Crippen LogP contribution in [0, 0.1) is 0 Å². The number of hydrogen-bond acceptors (Lipinski definition) is 4. The number of rotatable bonds is 11. The molecule has 6 nitrogen and oxygen atoms in total. The number of carbonyl (C=O) groups excluding carboxylic acids is 1. The van der Waals surface area contributed by atoms with Crippen LogP contribution in [0.15, 0.2) is 60.7 Å². The van der Waals surface area contributed by atoms with Crippen molar-refractivity contribution >= 4 is 28.3 Å². The number of fused-ring (bicyclic) bond motifs is 1. The van der Waals surface area contributed by atoms with Gasteiger partial charge in [-0.15, -0.1) is 0 Å². The number of nitrogens with one attached hydrogen (secondary N) is 2. The number of nitrogens with zero attached hydrogens (tertiary/aromatic N) is 2. The van der Waals surface area contributed by atoms with Gasteiger partial charge in [0.1, 0.15) is 11.6 Å². The summed E-state index contributed by atoms with van der Waals surface area (Å²) in [6.45, 7) is 15.7. The minimum Gasteiger partial charge on any atom is -0.496 e. The molecule has 2 aromatic carbocycles. The zero-order chi connectivity index (χ0) is 26.5. The minimum atomic E-state index is 0.0562. The molecule has 0 radical (unpaired) electrons. The number of aromatic nitrogens is 2. The van der Waals surface area contributed by atoms with Gasteiger partial charge in [0.15, 0.2) is 0 Å². The van der Waals surface area contributed by atoms with Gasteiger partial charge in [0.2, 0.25) is 5.91 Å². The Morgan fingerprint density at radius 3 is 2.47 bits per heavy atom. The number of hydrogen-bond donors (Lipinski definition) is 2. The van der Waals surface area contributed by atoms with E-state index in [-0.39, 0.29) is 5.91 Å². The summed E-state index contributed by atoms with van der Waals surface area (Å²) in [4.78, 5) is 23.0. The van der Waals surface area contributed by atoms with Gasteiger partial charge in [-0.25, -0.2) is 4.98 Å². The molecule has 0 saturated carbocycles. The molecule has 0 fully saturated rings. The SMILES string of the molecule is C=C/C(C)=C\C.CCCCCC(=O)Nc1cc2[nH]c(-c3ccccc3OC)nc2cc1N(CC)CC. The fraction of sp³-hybridized carbons (Fsp3) is 0.400. The highest BCUT2D eigenvalue weighted by Gasteiger charge is 2.16. The fourth-order valence-corrected chi connectivity index (χ4v) is 3.81. The second-order valence-electron chi connectivity index (χ2n) is 8.59. The van der Waals surface area contributed by atoms with E-state index in [2.05, 4.69) is 48.6 Å². The van der Waals surface area contributed by atoms with E-state index in [4.69, 9.17) is 9.72 Å². The van der Waals surface area contributed by atoms with Crippen molar-refractivity contribution < 1.29 is 9.53 Å². The van der Waals surface area contributed by atoms with E-state index in [0.717, 1.165) is 71.9 Å². The van der Waals surface area contributed by atoms with E-state index >= 15 is 0 Å². The Morgan fingerprint density at radius 1 is 1.17 bits per heavy atom. The lowest BCUT2D eigenvalue weighted by Crippen LogP contribution is -2.24. The van der Waals surface area contributed by atoms with Crippen molar-refractivity contribution in [3.8, 4) is 17.1 Å². The maximum Gasteiger partial charge on any atom is 0.224 e. The first-order valence-corrected chi connectivity index (χ1v) is 12.9. The Morgan fingerprint density at radius 2 is 1.89 bits per heavy atom. The number of allylic oxidation sites excluding steroid dienone is 3. The second-order valence-corrected chi connectivity index (χ2v) is 8.59. The first kappa shape index (κ1) is 28.7. The van der Waals surface area contributed by atoms with Crippen molar-refractivity contribution in [2.75, 3.05) is 30.4 Å². The summed E-state index contributed by atoms with van der Waals surface area (Å²) in [5.74, 6) is 1.57. The fourth-order valence-electron chi connectivity index (χ4n) is 3.81. The molecule has 3 aromatic rings. The predicted molar refractivity (Wildman–Crippen MR) is 154 cm³/mol. The monoisotopic (exact) mass is 490 g/mol. The molecule has 194 valence electrons. The highest BCUT2D eigenvalue weighted by atomic mass is 16.5. The van der Waals surface area contributed by atoms with Gasteiger partial charge in [-0.2, -0.15) is 0 Å². The van der Waals surface area contributed by atoms with E-state index < -0.39 is 0 Å². The molecule has 3 rings (SSSR count). The zero-order valence-electron chi connectivity index (χ0n) is 22.8. The number of para-hydroxylation sites is 1. The Bertz CT molecular complexity index is 1160. The van der Waals surface area contributed by atoms with Crippen LogP contribution in [0.2, 0.25) is 0 Å². The molecule has 1 amide bonds. The van der Waals surface area contributed by atoms with Gasteiger partial charge in [-0.3, -0.25) is 4.79 Å². The van der Waals surface area contributed by atoms with E-state index in [0.29, 0.717) is 6.42 Å². The van der Waals surface area contributed by atoms with Crippen molar-refractivity contribution in [2.45, 2.75) is 60.3 Å². The number of anilines is 2. The Kier molecular flexibility index (Phi) is 11.8. The number of aromatic amines is 1. The van der Waals surface area contributed by atoms with E-state index in [1.54, 1.807) is 7.11 Å². The molecule has 0 saturated heterocycles. The first-order chi connectivity index (χ1) is 17.4. The van der Waals surface area contributed by atoms with Crippen LogP contribution in [-0.2, 0) is 4.79 Å². The Balaban J connectivity index is 0.000000678. The molecule has 0 atom stereocenters. The Hall–Kier alpha value is -3.54. The maximum absolute atomic E-state index is 12.5. The third kappa shape index (κ3) is 7.74. The van der Waals surface area contributed by atoms with Gasteiger partial charge < -0.3 is 19.9 Å². The lowest BCUT2D eigenvalue weighted by molar-refractivity contribution is -0.116. The third-order valence-corrected chi connectivity index (χ3v) is 6.12. The van der Waals surface area contributed by atoms with Crippen LogP contribution in [0.4, 0.5) is 11.4 Å². The van der Waals surface area contributed by atoms with Crippen LogP contribution in [-0.4, -0.2) is 36.1 Å². The second kappa shape index (κ2) is 14.8. The quantitative estimate of drug-likeness (QED) is 0.213. The molecular weight excluding hydrogens is 448 g/mol. The van der Waals surface area contributed by atoms with Crippen molar-refractivity contribution in [2.24, 2.45) is 0 Å². The molecule has 0 bridgehead atoms. The number of carbonyl (C=O) groups is 1. The van der Waals surface area contributed by atoms with Gasteiger partial charge in [-0.1, -0.05) is 56.2 Å².